The molecule has 3 nitrogen and oxygen atoms in total. The van der Waals surface area contributed by atoms with Gasteiger partial charge < -0.3 is 14.6 Å². The summed E-state index contributed by atoms with van der Waals surface area (Å²) in [4.78, 5) is 11.1. The van der Waals surface area contributed by atoms with Gasteiger partial charge in [0, 0.05) is 5.56 Å². The van der Waals surface area contributed by atoms with Crippen LogP contribution in [0.2, 0.25) is 0 Å². The first-order chi connectivity index (χ1) is 8.78. The molecular formula is C15H16O3. The van der Waals surface area contributed by atoms with Crippen molar-refractivity contribution in [3.63, 3.8) is 0 Å². The molecule has 0 saturated carbocycles. The van der Waals surface area contributed by atoms with Crippen molar-refractivity contribution in [2.75, 3.05) is 13.7 Å². The molecule has 1 aromatic rings. The second-order valence-electron chi connectivity index (χ2n) is 3.61. The fourth-order valence-corrected chi connectivity index (χ4v) is 1.77. The van der Waals surface area contributed by atoms with Crippen LogP contribution in [0.5, 0.6) is 5.75 Å². The van der Waals surface area contributed by atoms with Crippen LogP contribution in [0.1, 0.15) is 17.0 Å². The normalized spacial score (nSPS) is 11.0. The summed E-state index contributed by atoms with van der Waals surface area (Å²) in [5, 5.41) is 8.70. The van der Waals surface area contributed by atoms with Crippen molar-refractivity contribution >= 4 is 6.29 Å². The van der Waals surface area contributed by atoms with E-state index in [0.29, 0.717) is 12.2 Å². The molecule has 0 aliphatic heterocycles. The number of carbonyl (C=O) groups excluding carboxylic acids is 1. The van der Waals surface area contributed by atoms with Crippen LogP contribution in [0.3, 0.4) is 0 Å². The topological polar surface area (TPSA) is 46.5 Å². The highest BCUT2D eigenvalue weighted by atomic mass is 16.5. The zero-order chi connectivity index (χ0) is 13.4. The van der Waals surface area contributed by atoms with Crippen molar-refractivity contribution in [1.29, 1.82) is 0 Å². The number of rotatable bonds is 5. The average molecular weight is 244 g/mol. The SMILES string of the molecule is C=CCc1c(OC)cccc1C(C#CCO)C=O. The number of aliphatic hydroxyl groups excluding tert-OH is 1. The Balaban J connectivity index is 3.27. The Labute approximate surface area is 107 Å². The summed E-state index contributed by atoms with van der Waals surface area (Å²) >= 11 is 0. The molecule has 18 heavy (non-hydrogen) atoms. The second kappa shape index (κ2) is 7.31. The van der Waals surface area contributed by atoms with E-state index < -0.39 is 5.92 Å². The lowest BCUT2D eigenvalue weighted by atomic mass is 9.93. The predicted molar refractivity (Wildman–Crippen MR) is 70.6 cm³/mol. The molecule has 1 unspecified atom stereocenters. The van der Waals surface area contributed by atoms with Crippen molar-refractivity contribution in [2.45, 2.75) is 12.3 Å². The van der Waals surface area contributed by atoms with Gasteiger partial charge in [-0.3, -0.25) is 0 Å². The summed E-state index contributed by atoms with van der Waals surface area (Å²) in [5.74, 6) is 5.40. The van der Waals surface area contributed by atoms with Gasteiger partial charge >= 0.3 is 0 Å². The highest BCUT2D eigenvalue weighted by Crippen LogP contribution is 2.27. The van der Waals surface area contributed by atoms with Crippen molar-refractivity contribution < 1.29 is 14.6 Å². The summed E-state index contributed by atoms with van der Waals surface area (Å²) in [6.45, 7) is 3.44. The van der Waals surface area contributed by atoms with Gasteiger partial charge in [-0.25, -0.2) is 0 Å². The number of aliphatic hydroxyl groups is 1. The van der Waals surface area contributed by atoms with E-state index >= 15 is 0 Å². The quantitative estimate of drug-likeness (QED) is 0.487. The molecule has 1 N–H and O–H groups in total. The van der Waals surface area contributed by atoms with Crippen molar-refractivity contribution in [3.05, 3.63) is 42.0 Å². The van der Waals surface area contributed by atoms with Gasteiger partial charge in [0.2, 0.25) is 0 Å². The zero-order valence-corrected chi connectivity index (χ0v) is 10.3. The third-order valence-electron chi connectivity index (χ3n) is 2.55. The van der Waals surface area contributed by atoms with E-state index in [2.05, 4.69) is 18.4 Å². The zero-order valence-electron chi connectivity index (χ0n) is 10.3. The minimum Gasteiger partial charge on any atom is -0.496 e. The predicted octanol–water partition coefficient (Wildman–Crippen LogP) is 1.70. The van der Waals surface area contributed by atoms with Crippen LogP contribution in [0.4, 0.5) is 0 Å². The average Bonchev–Trinajstić information content (AvgIpc) is 2.41. The van der Waals surface area contributed by atoms with Crippen molar-refractivity contribution in [3.8, 4) is 17.6 Å². The van der Waals surface area contributed by atoms with Crippen LogP contribution in [0.25, 0.3) is 0 Å². The number of hydrogen-bond donors (Lipinski definition) is 1. The number of hydrogen-bond acceptors (Lipinski definition) is 3. The molecule has 3 heteroatoms. The molecule has 0 aliphatic carbocycles. The van der Waals surface area contributed by atoms with Gasteiger partial charge in [-0.2, -0.15) is 0 Å². The molecule has 0 spiro atoms. The standard InChI is InChI=1S/C15H16O3/c1-3-6-14-13(8-4-9-15(14)18-2)12(11-17)7-5-10-16/h3-4,8-9,11-12,16H,1,6,10H2,2H3. The number of methoxy groups -OCH3 is 1. The van der Waals surface area contributed by atoms with E-state index in [-0.39, 0.29) is 6.61 Å². The second-order valence-corrected chi connectivity index (χ2v) is 3.61. The Morgan fingerprint density at radius 3 is 2.89 bits per heavy atom. The maximum Gasteiger partial charge on any atom is 0.139 e. The molecule has 0 heterocycles. The van der Waals surface area contributed by atoms with Gasteiger partial charge in [-0.1, -0.05) is 30.0 Å². The minimum atomic E-state index is -0.554. The molecule has 0 aliphatic rings. The van der Waals surface area contributed by atoms with Gasteiger partial charge in [0.25, 0.3) is 0 Å². The monoisotopic (exact) mass is 244 g/mol. The summed E-state index contributed by atoms with van der Waals surface area (Å²) < 4.78 is 5.28. The lowest BCUT2D eigenvalue weighted by Crippen LogP contribution is -2.04. The molecule has 0 amide bonds. The fourth-order valence-electron chi connectivity index (χ4n) is 1.77. The molecule has 0 aromatic heterocycles. The number of allylic oxidation sites excluding steroid dienone is 1. The number of benzene rings is 1. The molecule has 1 rings (SSSR count). The van der Waals surface area contributed by atoms with Crippen LogP contribution in [0, 0.1) is 11.8 Å². The number of carbonyl (C=O) groups is 1. The van der Waals surface area contributed by atoms with Crippen LogP contribution in [0.15, 0.2) is 30.9 Å². The number of aldehydes is 1. The first kappa shape index (κ1) is 14.0. The smallest absolute Gasteiger partial charge is 0.139 e. The van der Waals surface area contributed by atoms with E-state index in [9.17, 15) is 4.79 Å². The van der Waals surface area contributed by atoms with E-state index in [1.807, 2.05) is 18.2 Å². The maximum atomic E-state index is 11.1. The molecule has 94 valence electrons. The van der Waals surface area contributed by atoms with Gasteiger partial charge in [0.05, 0.1) is 7.11 Å². The Morgan fingerprint density at radius 2 is 2.33 bits per heavy atom. The highest BCUT2D eigenvalue weighted by molar-refractivity contribution is 5.69. The molecule has 1 atom stereocenters. The minimum absolute atomic E-state index is 0.259. The van der Waals surface area contributed by atoms with Crippen LogP contribution >= 0.6 is 0 Å². The Kier molecular flexibility index (Phi) is 5.69. The van der Waals surface area contributed by atoms with E-state index in [0.717, 1.165) is 17.4 Å². The molecule has 0 radical (unpaired) electrons. The van der Waals surface area contributed by atoms with Crippen molar-refractivity contribution in [1.82, 2.24) is 0 Å². The lowest BCUT2D eigenvalue weighted by Gasteiger charge is -2.14. The Bertz CT molecular complexity index is 480. The van der Waals surface area contributed by atoms with Crippen LogP contribution < -0.4 is 4.74 Å². The maximum absolute atomic E-state index is 11.1. The molecule has 1 aromatic carbocycles. The van der Waals surface area contributed by atoms with Crippen LogP contribution in [-0.2, 0) is 11.2 Å². The summed E-state index contributed by atoms with van der Waals surface area (Å²) in [7, 11) is 1.58. The fraction of sp³-hybridized carbons (Fsp3) is 0.267. The molecule has 0 saturated heterocycles. The summed E-state index contributed by atoms with van der Waals surface area (Å²) in [5.41, 5.74) is 1.70. The van der Waals surface area contributed by atoms with E-state index in [1.54, 1.807) is 13.2 Å². The Hall–Kier alpha value is -2.05. The van der Waals surface area contributed by atoms with Gasteiger partial charge in [0.1, 0.15) is 24.6 Å². The largest absolute Gasteiger partial charge is 0.496 e. The van der Waals surface area contributed by atoms with Gasteiger partial charge in [0.15, 0.2) is 0 Å². The van der Waals surface area contributed by atoms with Crippen molar-refractivity contribution in [2.24, 2.45) is 0 Å². The molecule has 0 fully saturated rings. The summed E-state index contributed by atoms with van der Waals surface area (Å²) in [6.07, 6.45) is 3.12. The third kappa shape index (κ3) is 3.22. The lowest BCUT2D eigenvalue weighted by molar-refractivity contribution is -0.108. The summed E-state index contributed by atoms with van der Waals surface area (Å²) in [6, 6.07) is 5.49. The third-order valence-corrected chi connectivity index (χ3v) is 2.55. The highest BCUT2D eigenvalue weighted by Gasteiger charge is 2.14. The first-order valence-corrected chi connectivity index (χ1v) is 5.59. The molecule has 0 bridgehead atoms. The van der Waals surface area contributed by atoms with Gasteiger partial charge in [-0.15, -0.1) is 6.58 Å². The van der Waals surface area contributed by atoms with Crippen LogP contribution in [-0.4, -0.2) is 25.1 Å². The van der Waals surface area contributed by atoms with E-state index in [4.69, 9.17) is 9.84 Å². The first-order valence-electron chi connectivity index (χ1n) is 5.59. The van der Waals surface area contributed by atoms with Gasteiger partial charge in [-0.05, 0) is 18.1 Å². The van der Waals surface area contributed by atoms with E-state index in [1.165, 1.54) is 0 Å². The molecular weight excluding hydrogens is 228 g/mol. The Morgan fingerprint density at radius 1 is 1.56 bits per heavy atom. The number of ether oxygens (including phenoxy) is 1.